The van der Waals surface area contributed by atoms with Gasteiger partial charge in [0.25, 0.3) is 5.91 Å². The molecule has 0 atom stereocenters. The predicted molar refractivity (Wildman–Crippen MR) is 134 cm³/mol. The van der Waals surface area contributed by atoms with Crippen LogP contribution in [0.25, 0.3) is 6.08 Å². The number of hydrogen-bond acceptors (Lipinski definition) is 6. The van der Waals surface area contributed by atoms with Crippen molar-refractivity contribution in [3.05, 3.63) is 106 Å². The number of ether oxygens (including phenoxy) is 1. The zero-order valence-corrected chi connectivity index (χ0v) is 19.2. The van der Waals surface area contributed by atoms with E-state index in [1.165, 1.54) is 6.08 Å². The standard InChI is InChI=1S/C26H22N4O3S/c1-18-28-22(17-34-18)16-33-23-10-3-2-7-19(23)12-13-25(31)29-21-9-6-8-20(15-21)26(32)30-24-11-4-5-14-27-24/h2-15,17H,16H2,1H3,(H,29,31)(H,27,30,32). The maximum Gasteiger partial charge on any atom is 0.256 e. The van der Waals surface area contributed by atoms with E-state index < -0.39 is 0 Å². The number of anilines is 2. The number of nitrogens with one attached hydrogen (secondary N) is 2. The normalized spacial score (nSPS) is 10.7. The second kappa shape index (κ2) is 11.0. The van der Waals surface area contributed by atoms with Crippen LogP contribution in [-0.4, -0.2) is 21.8 Å². The Morgan fingerprint density at radius 1 is 1.03 bits per heavy atom. The van der Waals surface area contributed by atoms with Crippen molar-refractivity contribution in [2.24, 2.45) is 0 Å². The van der Waals surface area contributed by atoms with Crippen molar-refractivity contribution < 1.29 is 14.3 Å². The summed E-state index contributed by atoms with van der Waals surface area (Å²) >= 11 is 1.58. The largest absolute Gasteiger partial charge is 0.487 e. The van der Waals surface area contributed by atoms with Crippen LogP contribution in [0.4, 0.5) is 11.5 Å². The number of thiazole rings is 1. The van der Waals surface area contributed by atoms with Crippen LogP contribution in [0.15, 0.2) is 84.4 Å². The maximum absolute atomic E-state index is 12.5. The van der Waals surface area contributed by atoms with Crippen LogP contribution in [0.1, 0.15) is 26.6 Å². The third-order valence-electron chi connectivity index (χ3n) is 4.67. The molecule has 0 saturated carbocycles. The summed E-state index contributed by atoms with van der Waals surface area (Å²) in [4.78, 5) is 33.4. The number of amides is 2. The number of carbonyl (C=O) groups excluding carboxylic acids is 2. The third-order valence-corrected chi connectivity index (χ3v) is 5.50. The zero-order valence-electron chi connectivity index (χ0n) is 18.4. The molecule has 0 spiro atoms. The van der Waals surface area contributed by atoms with Crippen molar-refractivity contribution >= 4 is 40.7 Å². The van der Waals surface area contributed by atoms with Crippen molar-refractivity contribution in [3.63, 3.8) is 0 Å². The monoisotopic (exact) mass is 470 g/mol. The summed E-state index contributed by atoms with van der Waals surface area (Å²) in [5, 5.41) is 8.45. The topological polar surface area (TPSA) is 93.2 Å². The highest BCUT2D eigenvalue weighted by atomic mass is 32.1. The number of rotatable bonds is 8. The molecule has 8 heteroatoms. The van der Waals surface area contributed by atoms with E-state index in [-0.39, 0.29) is 11.8 Å². The molecule has 0 saturated heterocycles. The second-order valence-electron chi connectivity index (χ2n) is 7.26. The molecular weight excluding hydrogens is 448 g/mol. The van der Waals surface area contributed by atoms with E-state index in [1.807, 2.05) is 36.6 Å². The number of carbonyl (C=O) groups is 2. The quantitative estimate of drug-likeness (QED) is 0.340. The Bertz CT molecular complexity index is 1320. The Labute approximate surface area is 201 Å². The Kier molecular flexibility index (Phi) is 7.42. The molecule has 0 unspecified atom stereocenters. The smallest absolute Gasteiger partial charge is 0.256 e. The summed E-state index contributed by atoms with van der Waals surface area (Å²) in [7, 11) is 0. The first-order valence-corrected chi connectivity index (χ1v) is 11.4. The summed E-state index contributed by atoms with van der Waals surface area (Å²) < 4.78 is 5.89. The molecule has 34 heavy (non-hydrogen) atoms. The van der Waals surface area contributed by atoms with E-state index in [0.29, 0.717) is 29.4 Å². The van der Waals surface area contributed by atoms with Gasteiger partial charge in [-0.3, -0.25) is 9.59 Å². The third kappa shape index (κ3) is 6.36. The number of aryl methyl sites for hydroxylation is 1. The van der Waals surface area contributed by atoms with Gasteiger partial charge in [-0.25, -0.2) is 9.97 Å². The van der Waals surface area contributed by atoms with Gasteiger partial charge in [-0.1, -0.05) is 30.3 Å². The van der Waals surface area contributed by atoms with Gasteiger partial charge >= 0.3 is 0 Å². The average molecular weight is 471 g/mol. The molecule has 0 aliphatic heterocycles. The molecule has 0 aliphatic carbocycles. The van der Waals surface area contributed by atoms with Gasteiger partial charge in [-0.15, -0.1) is 11.3 Å². The summed E-state index contributed by atoms with van der Waals surface area (Å²) in [6.07, 6.45) is 4.71. The first kappa shape index (κ1) is 22.9. The van der Waals surface area contributed by atoms with Crippen LogP contribution in [0.2, 0.25) is 0 Å². The van der Waals surface area contributed by atoms with Gasteiger partial charge in [-0.05, 0) is 49.4 Å². The highest BCUT2D eigenvalue weighted by Crippen LogP contribution is 2.21. The van der Waals surface area contributed by atoms with Gasteiger partial charge < -0.3 is 15.4 Å². The fourth-order valence-electron chi connectivity index (χ4n) is 3.09. The molecule has 4 rings (SSSR count). The van der Waals surface area contributed by atoms with Gasteiger partial charge in [0.1, 0.15) is 18.2 Å². The Balaban J connectivity index is 1.38. The molecule has 2 amide bonds. The van der Waals surface area contributed by atoms with E-state index in [4.69, 9.17) is 4.74 Å². The maximum atomic E-state index is 12.5. The van der Waals surface area contributed by atoms with E-state index in [9.17, 15) is 9.59 Å². The molecule has 4 aromatic rings. The molecule has 170 valence electrons. The molecule has 0 aliphatic rings. The highest BCUT2D eigenvalue weighted by Gasteiger charge is 2.09. The molecule has 0 bridgehead atoms. The van der Waals surface area contributed by atoms with Crippen molar-refractivity contribution in [1.29, 1.82) is 0 Å². The first-order chi connectivity index (χ1) is 16.6. The molecule has 7 nitrogen and oxygen atoms in total. The summed E-state index contributed by atoms with van der Waals surface area (Å²) in [6, 6.07) is 19.4. The molecule has 2 aromatic heterocycles. The fourth-order valence-corrected chi connectivity index (χ4v) is 3.69. The van der Waals surface area contributed by atoms with Crippen LogP contribution in [0.5, 0.6) is 5.75 Å². The highest BCUT2D eigenvalue weighted by molar-refractivity contribution is 7.09. The lowest BCUT2D eigenvalue weighted by atomic mass is 10.1. The summed E-state index contributed by atoms with van der Waals surface area (Å²) in [6.45, 7) is 2.31. The van der Waals surface area contributed by atoms with Crippen LogP contribution >= 0.6 is 11.3 Å². The van der Waals surface area contributed by atoms with Crippen LogP contribution in [0, 0.1) is 6.92 Å². The van der Waals surface area contributed by atoms with Crippen LogP contribution in [-0.2, 0) is 11.4 Å². The van der Waals surface area contributed by atoms with Crippen molar-refractivity contribution in [2.45, 2.75) is 13.5 Å². The SMILES string of the molecule is Cc1nc(COc2ccccc2C=CC(=O)Nc2cccc(C(=O)Nc3ccccn3)c2)cs1. The molecular formula is C26H22N4O3S. The van der Waals surface area contributed by atoms with E-state index >= 15 is 0 Å². The summed E-state index contributed by atoms with van der Waals surface area (Å²) in [5.74, 6) is 0.472. The van der Waals surface area contributed by atoms with Crippen molar-refractivity contribution in [3.8, 4) is 5.75 Å². The molecule has 0 fully saturated rings. The lowest BCUT2D eigenvalue weighted by Crippen LogP contribution is -2.14. The number of para-hydroxylation sites is 1. The number of aromatic nitrogens is 2. The number of nitrogens with zero attached hydrogens (tertiary/aromatic N) is 2. The lowest BCUT2D eigenvalue weighted by molar-refractivity contribution is -0.111. The number of pyridine rings is 1. The fraction of sp³-hybridized carbons (Fsp3) is 0.0769. The molecule has 2 heterocycles. The van der Waals surface area contributed by atoms with Crippen LogP contribution < -0.4 is 15.4 Å². The van der Waals surface area contributed by atoms with Gasteiger partial charge in [-0.2, -0.15) is 0 Å². The Morgan fingerprint density at radius 2 is 1.88 bits per heavy atom. The van der Waals surface area contributed by atoms with Crippen LogP contribution in [0.3, 0.4) is 0 Å². The van der Waals surface area contributed by atoms with E-state index in [0.717, 1.165) is 16.3 Å². The van der Waals surface area contributed by atoms with Crippen molar-refractivity contribution in [1.82, 2.24) is 9.97 Å². The van der Waals surface area contributed by atoms with E-state index in [2.05, 4.69) is 20.6 Å². The average Bonchev–Trinajstić information content (AvgIpc) is 3.27. The first-order valence-electron chi connectivity index (χ1n) is 10.5. The minimum absolute atomic E-state index is 0.313. The zero-order chi connectivity index (χ0) is 23.8. The predicted octanol–water partition coefficient (Wildman–Crippen LogP) is 5.33. The lowest BCUT2D eigenvalue weighted by Gasteiger charge is -2.08. The summed E-state index contributed by atoms with van der Waals surface area (Å²) in [5.41, 5.74) is 2.55. The Morgan fingerprint density at radius 3 is 2.68 bits per heavy atom. The van der Waals surface area contributed by atoms with Gasteiger partial charge in [0, 0.05) is 34.5 Å². The molecule has 0 radical (unpaired) electrons. The van der Waals surface area contributed by atoms with Gasteiger partial charge in [0.2, 0.25) is 5.91 Å². The molecule has 2 aromatic carbocycles. The van der Waals surface area contributed by atoms with Crippen molar-refractivity contribution in [2.75, 3.05) is 10.6 Å². The van der Waals surface area contributed by atoms with Gasteiger partial charge in [0.05, 0.1) is 10.7 Å². The second-order valence-corrected chi connectivity index (χ2v) is 8.32. The minimum atomic E-state index is -0.327. The number of hydrogen-bond donors (Lipinski definition) is 2. The molecule has 2 N–H and O–H groups in total. The Hall–Kier alpha value is -4.30. The van der Waals surface area contributed by atoms with Gasteiger partial charge in [0.15, 0.2) is 0 Å². The van der Waals surface area contributed by atoms with E-state index in [1.54, 1.807) is 66.1 Å². The number of benzene rings is 2. The minimum Gasteiger partial charge on any atom is -0.487 e.